The lowest BCUT2D eigenvalue weighted by atomic mass is 10.1. The highest BCUT2D eigenvalue weighted by Crippen LogP contribution is 2.33. The first-order chi connectivity index (χ1) is 15.3. The van der Waals surface area contributed by atoms with Crippen LogP contribution >= 0.6 is 0 Å². The van der Waals surface area contributed by atoms with Crippen LogP contribution in [0.25, 0.3) is 11.3 Å². The zero-order valence-corrected chi connectivity index (χ0v) is 17.3. The van der Waals surface area contributed by atoms with Gasteiger partial charge in [0.05, 0.1) is 11.4 Å². The summed E-state index contributed by atoms with van der Waals surface area (Å²) < 4.78 is 41.8. The number of alkyl halides is 3. The number of carbonyl (C=O) groups excluding carboxylic acids is 2. The number of hydrogen-bond donors (Lipinski definition) is 2. The van der Waals surface area contributed by atoms with Crippen LogP contribution in [-0.4, -0.2) is 41.4 Å². The number of hydrogen-bond acceptors (Lipinski definition) is 4. The fourth-order valence-corrected chi connectivity index (χ4v) is 3.05. The molecule has 0 atom stereocenters. The predicted molar refractivity (Wildman–Crippen MR) is 114 cm³/mol. The summed E-state index contributed by atoms with van der Waals surface area (Å²) in [6, 6.07) is 6.70. The number of amides is 2. The lowest BCUT2D eigenvalue weighted by Gasteiger charge is -2.11. The number of allylic oxidation sites excluding steroid dienone is 3. The third-order valence-corrected chi connectivity index (χ3v) is 4.73. The topological polar surface area (TPSA) is 88.4 Å². The van der Waals surface area contributed by atoms with Gasteiger partial charge in [0.1, 0.15) is 5.69 Å². The van der Waals surface area contributed by atoms with Gasteiger partial charge in [0, 0.05) is 44.4 Å². The van der Waals surface area contributed by atoms with Crippen LogP contribution in [0.5, 0.6) is 0 Å². The van der Waals surface area contributed by atoms with Gasteiger partial charge in [-0.2, -0.15) is 18.3 Å². The monoisotopic (exact) mass is 445 g/mol. The molecule has 0 radical (unpaired) electrons. The average Bonchev–Trinajstić information content (AvgIpc) is 3.06. The number of benzene rings is 1. The molecule has 0 saturated heterocycles. The van der Waals surface area contributed by atoms with Gasteiger partial charge in [-0.1, -0.05) is 6.08 Å². The Kier molecular flexibility index (Phi) is 7.24. The molecule has 2 aromatic rings. The standard InChI is InChI=1S/C22H22F3N5O2/c1-26-20(31)5-3-12-28-21(32)16-6-8-17(9-7-16)30-19(22(23,24)25)14-18(29-30)15-4-2-11-27-13-10-15/h2,4,6-9,11,13-14H,3,5,10,12H2,1H3,(H,26,31)(H,28,32). The smallest absolute Gasteiger partial charge is 0.359 e. The number of halogens is 3. The Morgan fingerprint density at radius 3 is 2.62 bits per heavy atom. The predicted octanol–water partition coefficient (Wildman–Crippen LogP) is 3.52. The van der Waals surface area contributed by atoms with E-state index in [-0.39, 0.29) is 29.6 Å². The van der Waals surface area contributed by atoms with E-state index in [0.717, 1.165) is 10.7 Å². The number of carbonyl (C=O) groups is 2. The van der Waals surface area contributed by atoms with Crippen LogP contribution < -0.4 is 10.6 Å². The van der Waals surface area contributed by atoms with E-state index in [1.54, 1.807) is 24.6 Å². The normalized spacial score (nSPS) is 13.4. The number of rotatable bonds is 7. The lowest BCUT2D eigenvalue weighted by Crippen LogP contribution is -2.26. The molecule has 0 aliphatic carbocycles. The summed E-state index contributed by atoms with van der Waals surface area (Å²) >= 11 is 0. The molecule has 2 N–H and O–H groups in total. The first kappa shape index (κ1) is 23.0. The van der Waals surface area contributed by atoms with Crippen molar-refractivity contribution in [2.45, 2.75) is 25.4 Å². The summed E-state index contributed by atoms with van der Waals surface area (Å²) in [5.41, 5.74) is 0.373. The number of aliphatic imine (C=N–C) groups is 1. The van der Waals surface area contributed by atoms with E-state index in [9.17, 15) is 22.8 Å². The van der Waals surface area contributed by atoms with E-state index < -0.39 is 11.9 Å². The molecule has 2 heterocycles. The molecule has 0 saturated carbocycles. The van der Waals surface area contributed by atoms with Crippen molar-refractivity contribution in [3.63, 3.8) is 0 Å². The molecule has 2 amide bonds. The third-order valence-electron chi connectivity index (χ3n) is 4.73. The molecule has 0 bridgehead atoms. The van der Waals surface area contributed by atoms with E-state index in [0.29, 0.717) is 30.5 Å². The second-order valence-electron chi connectivity index (χ2n) is 6.97. The number of nitrogens with zero attached hydrogens (tertiary/aromatic N) is 3. The molecule has 3 rings (SSSR count). The summed E-state index contributed by atoms with van der Waals surface area (Å²) in [4.78, 5) is 27.4. The highest BCUT2D eigenvalue weighted by molar-refractivity contribution is 5.94. The zero-order valence-electron chi connectivity index (χ0n) is 17.3. The van der Waals surface area contributed by atoms with Crippen LogP contribution in [0.15, 0.2) is 53.7 Å². The lowest BCUT2D eigenvalue weighted by molar-refractivity contribution is -0.142. The molecule has 0 fully saturated rings. The van der Waals surface area contributed by atoms with Gasteiger partial charge >= 0.3 is 6.18 Å². The molecule has 1 aromatic carbocycles. The van der Waals surface area contributed by atoms with Gasteiger partial charge in [-0.05, 0) is 48.4 Å². The fourth-order valence-electron chi connectivity index (χ4n) is 3.05. The first-order valence-corrected chi connectivity index (χ1v) is 9.94. The molecular formula is C22H22F3N5O2. The van der Waals surface area contributed by atoms with Crippen molar-refractivity contribution in [2.24, 2.45) is 4.99 Å². The van der Waals surface area contributed by atoms with Crippen molar-refractivity contribution in [1.29, 1.82) is 0 Å². The van der Waals surface area contributed by atoms with Crippen molar-refractivity contribution in [1.82, 2.24) is 20.4 Å². The van der Waals surface area contributed by atoms with Crippen LogP contribution in [0.3, 0.4) is 0 Å². The summed E-state index contributed by atoms with van der Waals surface area (Å²) in [6.45, 7) is 0.307. The van der Waals surface area contributed by atoms with Gasteiger partial charge in [-0.15, -0.1) is 0 Å². The molecule has 32 heavy (non-hydrogen) atoms. The molecule has 0 spiro atoms. The maximum absolute atomic E-state index is 13.6. The molecule has 7 nitrogen and oxygen atoms in total. The van der Waals surface area contributed by atoms with E-state index in [1.165, 1.54) is 31.3 Å². The quantitative estimate of drug-likeness (QED) is 0.640. The van der Waals surface area contributed by atoms with Crippen molar-refractivity contribution in [3.05, 3.63) is 65.6 Å². The Labute approximate surface area is 182 Å². The van der Waals surface area contributed by atoms with E-state index >= 15 is 0 Å². The summed E-state index contributed by atoms with van der Waals surface area (Å²) in [5.74, 6) is -0.495. The minimum absolute atomic E-state index is 0.120. The van der Waals surface area contributed by atoms with Crippen molar-refractivity contribution in [2.75, 3.05) is 13.6 Å². The highest BCUT2D eigenvalue weighted by Gasteiger charge is 2.36. The maximum Gasteiger partial charge on any atom is 0.433 e. The van der Waals surface area contributed by atoms with Crippen molar-refractivity contribution >= 4 is 23.6 Å². The van der Waals surface area contributed by atoms with Crippen LogP contribution in [0.2, 0.25) is 0 Å². The zero-order chi connectivity index (χ0) is 23.1. The summed E-state index contributed by atoms with van der Waals surface area (Å²) in [5, 5.41) is 9.34. The van der Waals surface area contributed by atoms with E-state index in [1.807, 2.05) is 0 Å². The second kappa shape index (κ2) is 10.1. The van der Waals surface area contributed by atoms with Crippen molar-refractivity contribution in [3.8, 4) is 5.69 Å². The first-order valence-electron chi connectivity index (χ1n) is 9.94. The van der Waals surface area contributed by atoms with E-state index in [2.05, 4.69) is 20.7 Å². The number of aromatic nitrogens is 2. The molecule has 168 valence electrons. The van der Waals surface area contributed by atoms with Gasteiger partial charge in [0.25, 0.3) is 5.91 Å². The number of nitrogens with one attached hydrogen (secondary N) is 2. The van der Waals surface area contributed by atoms with Crippen LogP contribution in [0, 0.1) is 0 Å². The SMILES string of the molecule is CNC(=O)CCCNC(=O)c1ccc(-n2nc(C3=CC=CN=CC3)cc2C(F)(F)F)cc1. The Bertz CT molecular complexity index is 1070. The minimum atomic E-state index is -4.61. The molecule has 1 aromatic heterocycles. The Hall–Kier alpha value is -3.69. The van der Waals surface area contributed by atoms with E-state index in [4.69, 9.17) is 0 Å². The van der Waals surface area contributed by atoms with Crippen LogP contribution in [0.1, 0.15) is 41.0 Å². The average molecular weight is 445 g/mol. The molecule has 1 aliphatic heterocycles. The molecular weight excluding hydrogens is 423 g/mol. The Balaban J connectivity index is 1.78. The Morgan fingerprint density at radius 2 is 1.94 bits per heavy atom. The summed E-state index contributed by atoms with van der Waals surface area (Å²) in [6.07, 6.45) is 2.99. The van der Waals surface area contributed by atoms with Crippen molar-refractivity contribution < 1.29 is 22.8 Å². The van der Waals surface area contributed by atoms with Gasteiger partial charge in [0.2, 0.25) is 5.91 Å². The van der Waals surface area contributed by atoms with Gasteiger partial charge in [0.15, 0.2) is 0 Å². The molecule has 10 heteroatoms. The minimum Gasteiger partial charge on any atom is -0.359 e. The fraction of sp³-hybridized carbons (Fsp3) is 0.273. The largest absolute Gasteiger partial charge is 0.433 e. The summed E-state index contributed by atoms with van der Waals surface area (Å²) in [7, 11) is 1.54. The van der Waals surface area contributed by atoms with Crippen LogP contribution in [-0.2, 0) is 11.0 Å². The van der Waals surface area contributed by atoms with Gasteiger partial charge < -0.3 is 10.6 Å². The third kappa shape index (κ3) is 5.71. The molecule has 1 aliphatic rings. The van der Waals surface area contributed by atoms with Gasteiger partial charge in [-0.3, -0.25) is 14.6 Å². The van der Waals surface area contributed by atoms with Crippen LogP contribution in [0.4, 0.5) is 13.2 Å². The maximum atomic E-state index is 13.6. The second-order valence-corrected chi connectivity index (χ2v) is 6.97. The highest BCUT2D eigenvalue weighted by atomic mass is 19.4. The Morgan fingerprint density at radius 1 is 1.19 bits per heavy atom. The van der Waals surface area contributed by atoms with Gasteiger partial charge in [-0.25, -0.2) is 4.68 Å². The molecule has 0 unspecified atom stereocenters.